The van der Waals surface area contributed by atoms with Crippen LogP contribution in [0.1, 0.15) is 225 Å². The summed E-state index contributed by atoms with van der Waals surface area (Å²) in [5.74, 6) is -0.655. The van der Waals surface area contributed by atoms with Gasteiger partial charge in [-0.05, 0) is 293 Å². The van der Waals surface area contributed by atoms with Crippen molar-refractivity contribution in [3.05, 3.63) is 370 Å². The molecule has 6 aliphatic carbocycles. The van der Waals surface area contributed by atoms with Gasteiger partial charge in [-0.1, -0.05) is 194 Å². The number of nitrogens with one attached hydrogen (secondary N) is 4. The Hall–Kier alpha value is -12.5. The van der Waals surface area contributed by atoms with E-state index in [-0.39, 0.29) is 156 Å². The summed E-state index contributed by atoms with van der Waals surface area (Å²) in [5.41, 5.74) is 23.5. The molecular formula is C114H127Cl3F6N8O11. The predicted octanol–water partition coefficient (Wildman–Crippen LogP) is 22.2. The molecule has 28 heteroatoms. The molecule has 8 aliphatic rings. The van der Waals surface area contributed by atoms with Gasteiger partial charge in [0.1, 0.15) is 58.9 Å². The Balaban J connectivity index is 0.000000177. The number of aliphatic hydroxyl groups is 1. The van der Waals surface area contributed by atoms with Crippen molar-refractivity contribution in [1.82, 2.24) is 31.1 Å². The normalized spacial score (nSPS) is 20.9. The van der Waals surface area contributed by atoms with Crippen molar-refractivity contribution >= 4 is 85.1 Å². The minimum absolute atomic E-state index is 0. The van der Waals surface area contributed by atoms with Crippen molar-refractivity contribution in [2.24, 2.45) is 29.2 Å². The number of aliphatic carboxylic acids is 1. The number of carboxylic acids is 1. The molecule has 0 bridgehead atoms. The van der Waals surface area contributed by atoms with E-state index in [2.05, 4.69) is 21.3 Å². The van der Waals surface area contributed by atoms with E-state index in [1.165, 1.54) is 89.5 Å². The quantitative estimate of drug-likeness (QED) is 0.0185. The van der Waals surface area contributed by atoms with Gasteiger partial charge in [-0.3, -0.25) is 28.8 Å². The molecule has 11 aromatic rings. The number of aliphatic hydroxyl groups excluding tert-OH is 1. The minimum atomic E-state index is -0.804. The van der Waals surface area contributed by atoms with Crippen LogP contribution in [0.15, 0.2) is 285 Å². The minimum Gasteiger partial charge on any atom is -0.481 e. The number of likely N-dealkylation sites (tertiary alicyclic amines) is 2. The van der Waals surface area contributed by atoms with E-state index in [4.69, 9.17) is 21.3 Å². The lowest BCUT2D eigenvalue weighted by Crippen LogP contribution is -2.50. The molecule has 752 valence electrons. The Labute approximate surface area is 845 Å². The summed E-state index contributed by atoms with van der Waals surface area (Å²) in [6.07, 6.45) is 14.6. The van der Waals surface area contributed by atoms with Gasteiger partial charge < -0.3 is 62.3 Å². The Morgan fingerprint density at radius 2 is 0.746 bits per heavy atom. The number of piperidine rings is 2. The molecular weight excluding hydrogens is 1880 g/mol. The van der Waals surface area contributed by atoms with Crippen LogP contribution in [0.5, 0.6) is 0 Å². The third kappa shape index (κ3) is 34.4. The number of aldehydes is 1. The van der Waals surface area contributed by atoms with Crippen molar-refractivity contribution in [3.63, 3.8) is 0 Å². The molecule has 2 heterocycles. The molecule has 19 nitrogen and oxygen atoms in total. The number of benzene rings is 11. The highest BCUT2D eigenvalue weighted by Crippen LogP contribution is 2.52. The smallest absolute Gasteiger partial charge is 0.407 e. The molecule has 6 amide bonds. The number of nitrogens with zero attached hydrogens (tertiary/aromatic N) is 2. The van der Waals surface area contributed by atoms with Crippen molar-refractivity contribution in [1.29, 1.82) is 0 Å². The summed E-state index contributed by atoms with van der Waals surface area (Å²) in [5, 5.41) is 29.7. The van der Waals surface area contributed by atoms with Gasteiger partial charge in [0.05, 0.1) is 18.6 Å². The van der Waals surface area contributed by atoms with Crippen LogP contribution >= 0.6 is 37.2 Å². The van der Waals surface area contributed by atoms with E-state index in [0.29, 0.717) is 79.1 Å². The van der Waals surface area contributed by atoms with Gasteiger partial charge in [-0.25, -0.2) is 31.1 Å². The van der Waals surface area contributed by atoms with E-state index in [1.807, 2.05) is 189 Å². The van der Waals surface area contributed by atoms with E-state index < -0.39 is 29.7 Å². The number of hydrogen-bond acceptors (Lipinski definition) is 12. The third-order valence-electron chi connectivity index (χ3n) is 26.3. The molecule has 2 saturated heterocycles. The van der Waals surface area contributed by atoms with E-state index in [9.17, 15) is 69.8 Å². The summed E-state index contributed by atoms with van der Waals surface area (Å²) in [7, 11) is 0. The maximum absolute atomic E-state index is 13.4. The van der Waals surface area contributed by atoms with Gasteiger partial charge in [0.15, 0.2) is 0 Å². The fourth-order valence-corrected chi connectivity index (χ4v) is 17.7. The van der Waals surface area contributed by atoms with Gasteiger partial charge in [-0.15, -0.1) is 37.2 Å². The van der Waals surface area contributed by atoms with Crippen LogP contribution in [0.2, 0.25) is 0 Å². The Kier molecular flexibility index (Phi) is 42.5. The fourth-order valence-electron chi connectivity index (χ4n) is 17.7. The van der Waals surface area contributed by atoms with Gasteiger partial charge in [0, 0.05) is 85.5 Å². The fraction of sp³-hybridized carbons (Fsp3) is 0.351. The number of carbonyl (C=O) groups is 8. The Morgan fingerprint density at radius 1 is 0.408 bits per heavy atom. The van der Waals surface area contributed by atoms with Crippen LogP contribution in [0.25, 0.3) is 22.3 Å². The number of ether oxygens (including phenoxy) is 1. The molecule has 15 atom stereocenters. The molecule has 0 spiro atoms. The summed E-state index contributed by atoms with van der Waals surface area (Å²) in [6.45, 7) is 8.28. The molecule has 0 unspecified atom stereocenters. The van der Waals surface area contributed by atoms with Gasteiger partial charge in [0.25, 0.3) is 11.8 Å². The monoisotopic (exact) mass is 2000 g/mol. The Bertz CT molecular complexity index is 5770. The molecule has 11 aromatic carbocycles. The van der Waals surface area contributed by atoms with Crippen LogP contribution in [0.3, 0.4) is 0 Å². The molecule has 19 rings (SSSR count). The zero-order valence-corrected chi connectivity index (χ0v) is 82.3. The van der Waals surface area contributed by atoms with Gasteiger partial charge in [-0.2, -0.15) is 0 Å². The van der Waals surface area contributed by atoms with Crippen LogP contribution in [0, 0.1) is 52.7 Å². The summed E-state index contributed by atoms with van der Waals surface area (Å²) >= 11 is 0. The lowest BCUT2D eigenvalue weighted by molar-refractivity contribution is -0.138. The third-order valence-corrected chi connectivity index (χ3v) is 26.3. The molecule has 0 aromatic heterocycles. The van der Waals surface area contributed by atoms with Gasteiger partial charge in [0.2, 0.25) is 17.7 Å². The number of carbonyl (C=O) groups excluding carboxylic acids is 7. The highest BCUT2D eigenvalue weighted by atomic mass is 35.5. The highest BCUT2D eigenvalue weighted by Gasteiger charge is 2.46. The SMILES string of the molecule is CC(C)(C)OC(=O)N[C@H]1C[C@@H]1c1ccc(F)cc1.Cl.Cl.Cl.N[C@@H]1C[C@H]1c1ccc(F)cc1.N[C@H]1C[C@@H]1c1ccc(F)cc1.O=C(N[C@@H](CCC[C@H]1C[C@@H]1c1ccc(F)cc1)C(=O)N1CCCCC1)c1ccc(-c2ccccc2)cc1.O=C(N[C@@H](CO)c1ccccc1)[C@H]1C[C@@H]1c1ccc(F)cc1.O=C(O)[C@H]1C[C@@H]1c1ccc(F)cc1.O=CC[C@H](NC(=O)c1ccc(-c2ccccc2)cc1)C(=O)N1CCCCC1. The summed E-state index contributed by atoms with van der Waals surface area (Å²) < 4.78 is 81.5. The lowest BCUT2D eigenvalue weighted by Gasteiger charge is -2.31. The number of hydrogen-bond donors (Lipinski definition) is 8. The number of carboxylic acid groups (broad SMARTS) is 1. The number of amides is 6. The number of alkyl carbamates (subject to hydrolysis) is 1. The van der Waals surface area contributed by atoms with Crippen molar-refractivity contribution in [2.75, 3.05) is 32.8 Å². The first-order valence-corrected chi connectivity index (χ1v) is 48.2. The lowest BCUT2D eigenvalue weighted by atomic mass is 10.0. The van der Waals surface area contributed by atoms with Crippen molar-refractivity contribution in [2.45, 2.75) is 201 Å². The zero-order chi connectivity index (χ0) is 98.7. The second-order valence-electron chi connectivity index (χ2n) is 38.0. The number of halogens is 9. The average Bonchev–Trinajstić information content (AvgIpc) is 1.63. The molecule has 6 saturated carbocycles. The summed E-state index contributed by atoms with van der Waals surface area (Å²) in [6, 6.07) is 82.0. The van der Waals surface area contributed by atoms with Gasteiger partial charge >= 0.3 is 12.1 Å². The largest absolute Gasteiger partial charge is 0.481 e. The molecule has 0 radical (unpaired) electrons. The number of nitrogens with two attached hydrogens (primary N) is 2. The van der Waals surface area contributed by atoms with Crippen molar-refractivity contribution < 1.29 is 79.6 Å². The molecule has 142 heavy (non-hydrogen) atoms. The van der Waals surface area contributed by atoms with Crippen molar-refractivity contribution in [3.8, 4) is 22.3 Å². The van der Waals surface area contributed by atoms with E-state index in [1.54, 1.807) is 53.4 Å². The maximum atomic E-state index is 13.4. The zero-order valence-electron chi connectivity index (χ0n) is 79.8. The van der Waals surface area contributed by atoms with Crippen LogP contribution in [-0.4, -0.2) is 136 Å². The second kappa shape index (κ2) is 54.1. The highest BCUT2D eigenvalue weighted by molar-refractivity contribution is 5.99. The standard InChI is InChI=1S/C32H35FN2O2.C22H24N2O3.C18H18FNO2.C14H18FNO2.C10H9FO2.2C9H10FN.3ClH/c33-28-18-16-25(17-19-28)29-22-27(29)10-7-11-30(32(37)35-20-5-2-6-21-35)34-31(36)26-14-12-24(13-15-26)23-8-3-1-4-9-23;25-16-13-20(22(27)24-14-5-2-6-15-24)23-21(26)19-11-9-18(10-12-19)17-7-3-1-4-8-17;19-14-8-6-12(7-9-14)15-10-16(15)18(22)20-17(11-21)13-4-2-1-3-5-13;1-14(2,3)18-13(17)16-12-8-11(12)9-4-6-10(15)7-5-9;11-7-3-1-6(2-4-7)8-5-9(8)10(12)13;2*10-7-3-1-6(2-4-7)8-5-9(8)11;;;/h1,3-4,8-9,12-19,27,29-30H,2,5-7,10-11,20-22H2,(H,34,36);1,3-4,7-12,16,20H,2,5-6,13-15H2,(H,23,26);1-9,15-17,21H,10-11H2,(H,20,22);4-7,11-12H,8H2,1-3H3,(H,16,17);1-4,8-9H,5H2,(H,12,13);2*1-4,8-9H,5,11H2;3*1H/t27-,29+,30-;20-;15-,16+,17+;11-,12+;3*8-,9+;;;/m0011110.../s1. The van der Waals surface area contributed by atoms with Crippen LogP contribution < -0.4 is 32.7 Å². The second-order valence-corrected chi connectivity index (χ2v) is 38.0. The number of rotatable bonds is 26. The first kappa shape index (κ1) is 111. The van der Waals surface area contributed by atoms with Crippen LogP contribution in [0.4, 0.5) is 31.1 Å². The molecule has 2 aliphatic heterocycles. The van der Waals surface area contributed by atoms with E-state index >= 15 is 0 Å². The maximum Gasteiger partial charge on any atom is 0.407 e. The topological polar surface area (TPSA) is 293 Å². The molecule has 10 N–H and O–H groups in total. The van der Waals surface area contributed by atoms with Crippen LogP contribution in [-0.2, 0) is 28.7 Å². The molecule has 8 fully saturated rings. The first-order valence-electron chi connectivity index (χ1n) is 48.2. The van der Waals surface area contributed by atoms with E-state index in [0.717, 1.165) is 141 Å². The average molecular weight is 2010 g/mol. The Morgan fingerprint density at radius 3 is 1.11 bits per heavy atom. The summed E-state index contributed by atoms with van der Waals surface area (Å²) in [4.78, 5) is 101. The first-order chi connectivity index (χ1) is 67.0. The predicted molar refractivity (Wildman–Crippen MR) is 548 cm³/mol.